The second-order valence-corrected chi connectivity index (χ2v) is 7.78. The molecule has 2 heterocycles. The Labute approximate surface area is 181 Å². The highest BCUT2D eigenvalue weighted by Gasteiger charge is 2.22. The molecule has 3 aromatic rings. The van der Waals surface area contributed by atoms with Crippen molar-refractivity contribution in [3.63, 3.8) is 0 Å². The Morgan fingerprint density at radius 1 is 1.23 bits per heavy atom. The summed E-state index contributed by atoms with van der Waals surface area (Å²) in [4.78, 5) is 12.4. The molecule has 2 aromatic carbocycles. The molecule has 1 amide bonds. The number of aromatic nitrogens is 2. The number of nitrogens with zero attached hydrogens (tertiary/aromatic N) is 2. The average molecular weight is 421 g/mol. The molecule has 7 nitrogen and oxygen atoms in total. The molecule has 0 spiro atoms. The van der Waals surface area contributed by atoms with Crippen LogP contribution in [0, 0.1) is 6.92 Å². The maximum Gasteiger partial charge on any atom is 0.247 e. The predicted molar refractivity (Wildman–Crippen MR) is 116 cm³/mol. The number of aryl methyl sites for hydroxylation is 2. The van der Waals surface area contributed by atoms with Crippen LogP contribution in [0.1, 0.15) is 42.8 Å². The Morgan fingerprint density at radius 2 is 2.03 bits per heavy atom. The minimum Gasteiger partial charge on any atom is -0.494 e. The third kappa shape index (κ3) is 5.05. The van der Waals surface area contributed by atoms with Crippen molar-refractivity contribution >= 4 is 5.91 Å². The molecule has 1 N–H and O–H groups in total. The predicted octanol–water partition coefficient (Wildman–Crippen LogP) is 4.02. The molecule has 4 rings (SSSR count). The van der Waals surface area contributed by atoms with Crippen LogP contribution in [0.15, 0.2) is 40.8 Å². The highest BCUT2D eigenvalue weighted by Crippen LogP contribution is 2.35. The Morgan fingerprint density at radius 3 is 2.81 bits per heavy atom. The molecule has 1 atom stereocenters. The van der Waals surface area contributed by atoms with Gasteiger partial charge in [-0.1, -0.05) is 17.7 Å². The van der Waals surface area contributed by atoms with Crippen LogP contribution in [0.2, 0.25) is 0 Å². The van der Waals surface area contributed by atoms with E-state index in [-0.39, 0.29) is 18.4 Å². The van der Waals surface area contributed by atoms with E-state index in [4.69, 9.17) is 13.9 Å². The maximum atomic E-state index is 12.4. The lowest BCUT2D eigenvalue weighted by Crippen LogP contribution is -2.23. The summed E-state index contributed by atoms with van der Waals surface area (Å²) < 4.78 is 17.3. The van der Waals surface area contributed by atoms with Gasteiger partial charge in [0.05, 0.1) is 6.61 Å². The smallest absolute Gasteiger partial charge is 0.247 e. The van der Waals surface area contributed by atoms with Gasteiger partial charge in [-0.3, -0.25) is 4.79 Å². The van der Waals surface area contributed by atoms with Gasteiger partial charge in [-0.15, -0.1) is 10.2 Å². The van der Waals surface area contributed by atoms with E-state index in [1.54, 1.807) is 0 Å². The second kappa shape index (κ2) is 9.20. The quantitative estimate of drug-likeness (QED) is 0.591. The fourth-order valence-electron chi connectivity index (χ4n) is 3.58. The number of amides is 1. The Balaban J connectivity index is 1.33. The number of rotatable bonds is 8. The van der Waals surface area contributed by atoms with E-state index in [0.29, 0.717) is 31.4 Å². The molecular formula is C24H27N3O4. The number of benzene rings is 2. The normalized spacial score (nSPS) is 14.7. The molecule has 31 heavy (non-hydrogen) atoms. The lowest BCUT2D eigenvalue weighted by Gasteiger charge is -2.13. The topological polar surface area (TPSA) is 86.5 Å². The van der Waals surface area contributed by atoms with Crippen molar-refractivity contribution in [1.29, 1.82) is 0 Å². The molecule has 7 heteroatoms. The largest absolute Gasteiger partial charge is 0.494 e. The van der Waals surface area contributed by atoms with Crippen molar-refractivity contribution < 1.29 is 18.7 Å². The summed E-state index contributed by atoms with van der Waals surface area (Å²) in [5, 5.41) is 11.1. The molecular weight excluding hydrogens is 394 g/mol. The summed E-state index contributed by atoms with van der Waals surface area (Å²) in [5.41, 5.74) is 4.08. The van der Waals surface area contributed by atoms with Gasteiger partial charge in [0.25, 0.3) is 0 Å². The first kappa shape index (κ1) is 20.9. The minimum atomic E-state index is -0.0904. The van der Waals surface area contributed by atoms with Crippen molar-refractivity contribution in [3.8, 4) is 23.0 Å². The summed E-state index contributed by atoms with van der Waals surface area (Å²) in [7, 11) is 0. The van der Waals surface area contributed by atoms with Gasteiger partial charge in [0.2, 0.25) is 17.7 Å². The maximum absolute atomic E-state index is 12.4. The number of hydrogen-bond acceptors (Lipinski definition) is 6. The Hall–Kier alpha value is -3.35. The van der Waals surface area contributed by atoms with Gasteiger partial charge in [0.15, 0.2) is 0 Å². The average Bonchev–Trinajstić information content (AvgIpc) is 3.37. The second-order valence-electron chi connectivity index (χ2n) is 7.78. The van der Waals surface area contributed by atoms with Gasteiger partial charge in [-0.25, -0.2) is 0 Å². The van der Waals surface area contributed by atoms with E-state index in [1.165, 1.54) is 0 Å². The lowest BCUT2D eigenvalue weighted by molar-refractivity contribution is -0.121. The monoisotopic (exact) mass is 421 g/mol. The van der Waals surface area contributed by atoms with Crippen LogP contribution in [0.25, 0.3) is 11.5 Å². The van der Waals surface area contributed by atoms with Gasteiger partial charge < -0.3 is 19.2 Å². The van der Waals surface area contributed by atoms with Crippen LogP contribution in [-0.4, -0.2) is 28.8 Å². The summed E-state index contributed by atoms with van der Waals surface area (Å²) in [6.45, 7) is 6.96. The fraction of sp³-hybridized carbons (Fsp3) is 0.375. The van der Waals surface area contributed by atoms with Gasteiger partial charge >= 0.3 is 0 Å². The molecule has 162 valence electrons. The highest BCUT2D eigenvalue weighted by atomic mass is 16.5. The van der Waals surface area contributed by atoms with E-state index < -0.39 is 0 Å². The number of nitrogens with one attached hydrogen (secondary N) is 1. The first-order valence-corrected chi connectivity index (χ1v) is 10.6. The van der Waals surface area contributed by atoms with Gasteiger partial charge in [0, 0.05) is 42.5 Å². The molecule has 0 unspecified atom stereocenters. The zero-order valence-electron chi connectivity index (χ0n) is 18.1. The van der Waals surface area contributed by atoms with Crippen molar-refractivity contribution in [2.75, 3.05) is 6.61 Å². The van der Waals surface area contributed by atoms with Crippen LogP contribution in [0.3, 0.4) is 0 Å². The zero-order valence-corrected chi connectivity index (χ0v) is 18.1. The molecule has 0 aliphatic carbocycles. The molecule has 1 aromatic heterocycles. The SMILES string of the molecule is CCOc1cc2c(cc1CNC(=O)CCc1nnc(-c3ccc(C)cc3)o1)O[C@@H](C)C2. The van der Waals surface area contributed by atoms with Crippen LogP contribution >= 0.6 is 0 Å². The zero-order chi connectivity index (χ0) is 21.8. The number of hydrogen-bond donors (Lipinski definition) is 1. The third-order valence-electron chi connectivity index (χ3n) is 5.19. The van der Waals surface area contributed by atoms with Gasteiger partial charge in [0.1, 0.15) is 17.6 Å². The Bertz CT molecular complexity index is 1060. The fourth-order valence-corrected chi connectivity index (χ4v) is 3.58. The van der Waals surface area contributed by atoms with E-state index in [9.17, 15) is 4.79 Å². The van der Waals surface area contributed by atoms with E-state index in [1.807, 2.05) is 57.2 Å². The third-order valence-corrected chi connectivity index (χ3v) is 5.19. The van der Waals surface area contributed by atoms with E-state index in [0.717, 1.165) is 40.2 Å². The molecule has 1 aliphatic rings. The molecule has 0 saturated carbocycles. The first-order valence-electron chi connectivity index (χ1n) is 10.6. The highest BCUT2D eigenvalue weighted by molar-refractivity contribution is 5.76. The van der Waals surface area contributed by atoms with E-state index >= 15 is 0 Å². The van der Waals surface area contributed by atoms with Crippen LogP contribution in [0.4, 0.5) is 0 Å². The summed E-state index contributed by atoms with van der Waals surface area (Å²) >= 11 is 0. The summed E-state index contributed by atoms with van der Waals surface area (Å²) in [6.07, 6.45) is 1.68. The van der Waals surface area contributed by atoms with Crippen molar-refractivity contribution in [1.82, 2.24) is 15.5 Å². The molecule has 1 aliphatic heterocycles. The standard InChI is InChI=1S/C24H27N3O4/c1-4-29-20-12-18-11-16(3)30-21(18)13-19(20)14-25-22(28)9-10-23-26-27-24(31-23)17-7-5-15(2)6-8-17/h5-8,12-13,16H,4,9-11,14H2,1-3H3,(H,25,28)/t16-/m0/s1. The van der Waals surface area contributed by atoms with E-state index in [2.05, 4.69) is 15.5 Å². The lowest BCUT2D eigenvalue weighted by atomic mass is 10.1. The molecule has 0 saturated heterocycles. The minimum absolute atomic E-state index is 0.0904. The number of carbonyl (C=O) groups excluding carboxylic acids is 1. The number of ether oxygens (including phenoxy) is 2. The van der Waals surface area contributed by atoms with Crippen molar-refractivity contribution in [2.45, 2.75) is 52.7 Å². The number of carbonyl (C=O) groups is 1. The van der Waals surface area contributed by atoms with Crippen LogP contribution in [0.5, 0.6) is 11.5 Å². The van der Waals surface area contributed by atoms with Crippen LogP contribution in [-0.2, 0) is 24.2 Å². The first-order chi connectivity index (χ1) is 15.0. The summed E-state index contributed by atoms with van der Waals surface area (Å²) in [6, 6.07) is 11.9. The van der Waals surface area contributed by atoms with Crippen molar-refractivity contribution in [3.05, 3.63) is 59.0 Å². The van der Waals surface area contributed by atoms with Crippen molar-refractivity contribution in [2.24, 2.45) is 0 Å². The Kier molecular flexibility index (Phi) is 6.21. The van der Waals surface area contributed by atoms with Gasteiger partial charge in [-0.2, -0.15) is 0 Å². The van der Waals surface area contributed by atoms with Gasteiger partial charge in [-0.05, 0) is 45.0 Å². The van der Waals surface area contributed by atoms with Crippen LogP contribution < -0.4 is 14.8 Å². The summed E-state index contributed by atoms with van der Waals surface area (Å²) in [5.74, 6) is 2.48. The number of fused-ring (bicyclic) bond motifs is 1. The molecule has 0 fully saturated rings. The molecule has 0 radical (unpaired) electrons. The molecule has 0 bridgehead atoms.